The summed E-state index contributed by atoms with van der Waals surface area (Å²) < 4.78 is 0. The van der Waals surface area contributed by atoms with Gasteiger partial charge in [0, 0.05) is 18.4 Å². The van der Waals surface area contributed by atoms with E-state index in [-0.39, 0.29) is 30.8 Å². The molecule has 0 spiro atoms. The van der Waals surface area contributed by atoms with Crippen molar-refractivity contribution in [1.82, 2.24) is 0 Å². The fourth-order valence-corrected chi connectivity index (χ4v) is 9.76. The van der Waals surface area contributed by atoms with Crippen LogP contribution in [0.25, 0.3) is 0 Å². The molecule has 4 aliphatic rings. The molecule has 5 heteroatoms. The van der Waals surface area contributed by atoms with Crippen molar-refractivity contribution >= 4 is 12.4 Å². The lowest BCUT2D eigenvalue weighted by Gasteiger charge is -2.68. The summed E-state index contributed by atoms with van der Waals surface area (Å²) in [5.74, 6) is 3.78. The fourth-order valence-electron chi connectivity index (χ4n) is 9.76. The Labute approximate surface area is 208 Å². The first-order chi connectivity index (χ1) is 14.9. The summed E-state index contributed by atoms with van der Waals surface area (Å²) in [7, 11) is 0. The van der Waals surface area contributed by atoms with Crippen molar-refractivity contribution in [2.75, 3.05) is 6.54 Å². The van der Waals surface area contributed by atoms with E-state index in [9.17, 15) is 15.3 Å². The number of hydrogen-bond acceptors (Lipinski definition) is 4. The van der Waals surface area contributed by atoms with E-state index in [0.717, 1.165) is 37.0 Å². The first kappa shape index (κ1) is 27.7. The van der Waals surface area contributed by atoms with Crippen LogP contribution in [0.1, 0.15) is 105 Å². The third-order valence-corrected chi connectivity index (χ3v) is 11.6. The third-order valence-electron chi connectivity index (χ3n) is 11.6. The van der Waals surface area contributed by atoms with Crippen molar-refractivity contribution in [3.05, 3.63) is 0 Å². The fraction of sp³-hybridized carbons (Fsp3) is 1.00. The Morgan fingerprint density at radius 1 is 0.909 bits per heavy atom. The molecule has 0 heterocycles. The molecule has 0 aromatic rings. The van der Waals surface area contributed by atoms with Crippen molar-refractivity contribution in [2.45, 2.75) is 123 Å². The highest BCUT2D eigenvalue weighted by Gasteiger charge is 2.71. The predicted octanol–water partition coefficient (Wildman–Crippen LogP) is 5.31. The highest BCUT2D eigenvalue weighted by Crippen LogP contribution is 2.70. The van der Waals surface area contributed by atoms with Gasteiger partial charge >= 0.3 is 0 Å². The van der Waals surface area contributed by atoms with Gasteiger partial charge in [-0.2, -0.15) is 0 Å². The lowest BCUT2D eigenvalue weighted by molar-refractivity contribution is -0.303. The molecule has 4 fully saturated rings. The molecule has 10 atom stereocenters. The van der Waals surface area contributed by atoms with Crippen LogP contribution in [-0.4, -0.2) is 39.2 Å². The maximum atomic E-state index is 12.0. The van der Waals surface area contributed by atoms with E-state index in [1.165, 1.54) is 38.5 Å². The van der Waals surface area contributed by atoms with Crippen LogP contribution in [0.2, 0.25) is 0 Å². The van der Waals surface area contributed by atoms with Crippen molar-refractivity contribution in [3.63, 3.8) is 0 Å². The maximum Gasteiger partial charge on any atom is 0.106 e. The Morgan fingerprint density at radius 2 is 1.61 bits per heavy atom. The minimum atomic E-state index is -1.30. The molecular formula is C28H52ClNO3. The van der Waals surface area contributed by atoms with Crippen LogP contribution in [0.5, 0.6) is 0 Å². The molecule has 194 valence electrons. The summed E-state index contributed by atoms with van der Waals surface area (Å²) >= 11 is 0. The van der Waals surface area contributed by atoms with Gasteiger partial charge in [0.25, 0.3) is 0 Å². The third kappa shape index (κ3) is 4.12. The Balaban J connectivity index is 0.00000306. The highest BCUT2D eigenvalue weighted by molar-refractivity contribution is 5.85. The first-order valence-electron chi connectivity index (χ1n) is 13.7. The smallest absolute Gasteiger partial charge is 0.106 e. The molecule has 0 bridgehead atoms. The van der Waals surface area contributed by atoms with Gasteiger partial charge in [0.2, 0.25) is 0 Å². The molecule has 0 aromatic carbocycles. The lowest BCUT2D eigenvalue weighted by Crippen LogP contribution is -2.75. The standard InChI is InChI=1S/C28H51NO3.ClH/c1-18(2)7-6-8-19(3)22-9-10-23-21-16-27(31,17-29)28(32)15-20(30)11-14-26(28,5)24(21)12-13-25(22,23)4;/h18-24,30-32H,6-17,29H2,1-5H3;1H/t19-,20+,21+,22-,23+,24+,25-,26-,27-,28-;/m1./s1. The number of aliphatic hydroxyl groups is 3. The van der Waals surface area contributed by atoms with Crippen molar-refractivity contribution in [1.29, 1.82) is 0 Å². The van der Waals surface area contributed by atoms with Crippen LogP contribution < -0.4 is 5.73 Å². The van der Waals surface area contributed by atoms with Gasteiger partial charge in [-0.15, -0.1) is 12.4 Å². The van der Waals surface area contributed by atoms with E-state index in [4.69, 9.17) is 5.73 Å². The molecule has 0 saturated heterocycles. The average Bonchev–Trinajstić information content (AvgIpc) is 3.07. The second-order valence-corrected chi connectivity index (χ2v) is 13.5. The zero-order chi connectivity index (χ0) is 23.5. The van der Waals surface area contributed by atoms with Gasteiger partial charge < -0.3 is 21.1 Å². The van der Waals surface area contributed by atoms with Crippen molar-refractivity contribution < 1.29 is 15.3 Å². The number of hydrogen-bond donors (Lipinski definition) is 4. The molecule has 4 aliphatic carbocycles. The second kappa shape index (κ2) is 9.54. The summed E-state index contributed by atoms with van der Waals surface area (Å²) in [6, 6.07) is 0. The Hall–Kier alpha value is 0.130. The lowest BCUT2D eigenvalue weighted by atomic mass is 9.39. The van der Waals surface area contributed by atoms with Crippen molar-refractivity contribution in [2.24, 2.45) is 52.1 Å². The first-order valence-corrected chi connectivity index (χ1v) is 13.7. The molecule has 0 amide bonds. The molecule has 4 rings (SSSR count). The summed E-state index contributed by atoms with van der Waals surface area (Å²) in [6.07, 6.45) is 10.8. The number of halogens is 1. The van der Waals surface area contributed by atoms with Gasteiger partial charge in [-0.25, -0.2) is 0 Å². The van der Waals surface area contributed by atoms with Crippen LogP contribution in [-0.2, 0) is 0 Å². The SMILES string of the molecule is CC(C)CCC[C@@H](C)[C@H]1CC[C@H]2[C@@H]3C[C@@](O)(CN)[C@@]4(O)C[C@@H](O)CC[C@]4(C)[C@H]3CC[C@]12C.Cl. The van der Waals surface area contributed by atoms with Gasteiger partial charge in [0.15, 0.2) is 0 Å². The highest BCUT2D eigenvalue weighted by atomic mass is 35.5. The summed E-state index contributed by atoms with van der Waals surface area (Å²) in [6.45, 7) is 12.0. The van der Waals surface area contributed by atoms with E-state index >= 15 is 0 Å². The van der Waals surface area contributed by atoms with Gasteiger partial charge in [-0.3, -0.25) is 0 Å². The minimum Gasteiger partial charge on any atom is -0.393 e. The normalized spacial score (nSPS) is 50.2. The molecule has 5 N–H and O–H groups in total. The zero-order valence-corrected chi connectivity index (χ0v) is 22.7. The van der Waals surface area contributed by atoms with E-state index in [1.807, 2.05) is 0 Å². The number of rotatable bonds is 6. The van der Waals surface area contributed by atoms with Gasteiger partial charge in [0.1, 0.15) is 11.2 Å². The average molecular weight is 486 g/mol. The van der Waals surface area contributed by atoms with E-state index in [2.05, 4.69) is 34.6 Å². The topological polar surface area (TPSA) is 86.7 Å². The van der Waals surface area contributed by atoms with E-state index in [1.54, 1.807) is 0 Å². The predicted molar refractivity (Wildman–Crippen MR) is 137 cm³/mol. The number of nitrogens with two attached hydrogens (primary N) is 1. The van der Waals surface area contributed by atoms with Crippen LogP contribution in [0.4, 0.5) is 0 Å². The zero-order valence-electron chi connectivity index (χ0n) is 21.9. The Bertz CT molecular complexity index is 690. The van der Waals surface area contributed by atoms with Gasteiger partial charge in [-0.1, -0.05) is 53.9 Å². The van der Waals surface area contributed by atoms with Crippen LogP contribution >= 0.6 is 12.4 Å². The number of fused-ring (bicyclic) bond motifs is 5. The quantitative estimate of drug-likeness (QED) is 0.410. The molecule has 33 heavy (non-hydrogen) atoms. The van der Waals surface area contributed by atoms with Crippen molar-refractivity contribution in [3.8, 4) is 0 Å². The molecule has 0 aliphatic heterocycles. The molecular weight excluding hydrogens is 434 g/mol. The summed E-state index contributed by atoms with van der Waals surface area (Å²) in [4.78, 5) is 0. The van der Waals surface area contributed by atoms with Gasteiger partial charge in [0.05, 0.1) is 6.10 Å². The minimum absolute atomic E-state index is 0. The molecule has 4 saturated carbocycles. The van der Waals surface area contributed by atoms with Crippen LogP contribution in [0, 0.1) is 46.3 Å². The summed E-state index contributed by atoms with van der Waals surface area (Å²) in [5.41, 5.74) is 3.57. The molecule has 0 unspecified atom stereocenters. The second-order valence-electron chi connectivity index (χ2n) is 13.5. The molecule has 0 radical (unpaired) electrons. The number of aliphatic hydroxyl groups excluding tert-OH is 1. The monoisotopic (exact) mass is 485 g/mol. The molecule has 0 aromatic heterocycles. The van der Waals surface area contributed by atoms with Gasteiger partial charge in [-0.05, 0) is 85.9 Å². The Morgan fingerprint density at radius 3 is 2.24 bits per heavy atom. The maximum absolute atomic E-state index is 12.0. The molecule has 4 nitrogen and oxygen atoms in total. The van der Waals surface area contributed by atoms with Crippen LogP contribution in [0.15, 0.2) is 0 Å². The Kier molecular flexibility index (Phi) is 8.01. The largest absolute Gasteiger partial charge is 0.393 e. The summed E-state index contributed by atoms with van der Waals surface area (Å²) in [5, 5.41) is 34.2. The van der Waals surface area contributed by atoms with E-state index < -0.39 is 17.3 Å². The van der Waals surface area contributed by atoms with E-state index in [0.29, 0.717) is 29.6 Å². The van der Waals surface area contributed by atoms with Crippen LogP contribution in [0.3, 0.4) is 0 Å².